The number of nitrogens with zero attached hydrogens (tertiary/aromatic N) is 1. The molecule has 0 atom stereocenters. The van der Waals surface area contributed by atoms with Gasteiger partial charge < -0.3 is 19.7 Å². The Bertz CT molecular complexity index is 787. The Hall–Kier alpha value is -3.02. The Morgan fingerprint density at radius 2 is 1.67 bits per heavy atom. The standard InChI is InChI=1S/C21H26N2O4/c1-15-5-8-18(9-6-15)21(25)22-11-12-23(16(2)24)14-17-7-10-19(26-3)20(13-17)27-4/h5-10,13H,11-12,14H2,1-4H3,(H,22,25). The van der Waals surface area contributed by atoms with Crippen LogP contribution >= 0.6 is 0 Å². The lowest BCUT2D eigenvalue weighted by atomic mass is 10.1. The first kappa shape index (κ1) is 20.3. The molecule has 2 aromatic carbocycles. The zero-order chi connectivity index (χ0) is 19.8. The van der Waals surface area contributed by atoms with Crippen molar-refractivity contribution in [2.45, 2.75) is 20.4 Å². The van der Waals surface area contributed by atoms with Gasteiger partial charge in [0.15, 0.2) is 11.5 Å². The fraction of sp³-hybridized carbons (Fsp3) is 0.333. The highest BCUT2D eigenvalue weighted by atomic mass is 16.5. The maximum atomic E-state index is 12.2. The Labute approximate surface area is 160 Å². The van der Waals surface area contributed by atoms with Gasteiger partial charge in [0.2, 0.25) is 5.91 Å². The SMILES string of the molecule is COc1ccc(CN(CCNC(=O)c2ccc(C)cc2)C(C)=O)cc1OC. The third-order valence-electron chi connectivity index (χ3n) is 4.25. The predicted molar refractivity (Wildman–Crippen MR) is 104 cm³/mol. The molecule has 0 saturated heterocycles. The van der Waals surface area contributed by atoms with Crippen LogP contribution in [0.25, 0.3) is 0 Å². The average molecular weight is 370 g/mol. The highest BCUT2D eigenvalue weighted by Gasteiger charge is 2.13. The van der Waals surface area contributed by atoms with Gasteiger partial charge in [-0.2, -0.15) is 0 Å². The Morgan fingerprint density at radius 3 is 2.26 bits per heavy atom. The number of hydrogen-bond acceptors (Lipinski definition) is 4. The molecule has 144 valence electrons. The van der Waals surface area contributed by atoms with Gasteiger partial charge in [-0.3, -0.25) is 9.59 Å². The van der Waals surface area contributed by atoms with Crippen LogP contribution in [-0.4, -0.2) is 44.0 Å². The summed E-state index contributed by atoms with van der Waals surface area (Å²) in [5.74, 6) is 1.05. The molecule has 0 saturated carbocycles. The summed E-state index contributed by atoms with van der Waals surface area (Å²) in [7, 11) is 3.15. The van der Waals surface area contributed by atoms with Crippen molar-refractivity contribution in [2.24, 2.45) is 0 Å². The third kappa shape index (κ3) is 5.74. The van der Waals surface area contributed by atoms with E-state index in [0.29, 0.717) is 36.7 Å². The number of ether oxygens (including phenoxy) is 2. The molecule has 0 aliphatic carbocycles. The van der Waals surface area contributed by atoms with Gasteiger partial charge in [-0.1, -0.05) is 23.8 Å². The second-order valence-corrected chi connectivity index (χ2v) is 6.25. The Morgan fingerprint density at radius 1 is 1.00 bits per heavy atom. The van der Waals surface area contributed by atoms with Gasteiger partial charge in [-0.15, -0.1) is 0 Å². The summed E-state index contributed by atoms with van der Waals surface area (Å²) in [6, 6.07) is 12.9. The van der Waals surface area contributed by atoms with Gasteiger partial charge in [0.25, 0.3) is 5.91 Å². The zero-order valence-electron chi connectivity index (χ0n) is 16.2. The van der Waals surface area contributed by atoms with Gasteiger partial charge in [-0.05, 0) is 36.8 Å². The molecule has 0 aliphatic heterocycles. The van der Waals surface area contributed by atoms with Crippen molar-refractivity contribution < 1.29 is 19.1 Å². The molecular formula is C21H26N2O4. The Kier molecular flexibility index (Phi) is 7.23. The van der Waals surface area contributed by atoms with Crippen molar-refractivity contribution in [1.82, 2.24) is 10.2 Å². The van der Waals surface area contributed by atoms with Crippen molar-refractivity contribution in [3.8, 4) is 11.5 Å². The van der Waals surface area contributed by atoms with Gasteiger partial charge in [0, 0.05) is 32.1 Å². The molecule has 0 spiro atoms. The average Bonchev–Trinajstić information content (AvgIpc) is 2.67. The zero-order valence-corrected chi connectivity index (χ0v) is 16.2. The minimum Gasteiger partial charge on any atom is -0.493 e. The predicted octanol–water partition coefficient (Wildman–Crippen LogP) is 2.79. The van der Waals surface area contributed by atoms with Crippen molar-refractivity contribution >= 4 is 11.8 Å². The van der Waals surface area contributed by atoms with Crippen LogP contribution in [-0.2, 0) is 11.3 Å². The first-order valence-electron chi connectivity index (χ1n) is 8.76. The van der Waals surface area contributed by atoms with E-state index in [2.05, 4.69) is 5.32 Å². The highest BCUT2D eigenvalue weighted by Crippen LogP contribution is 2.28. The molecule has 2 aromatic rings. The number of aryl methyl sites for hydroxylation is 1. The van der Waals surface area contributed by atoms with E-state index in [-0.39, 0.29) is 11.8 Å². The van der Waals surface area contributed by atoms with Crippen LogP contribution in [0.5, 0.6) is 11.5 Å². The molecule has 0 heterocycles. The first-order valence-corrected chi connectivity index (χ1v) is 8.76. The minimum absolute atomic E-state index is 0.0608. The summed E-state index contributed by atoms with van der Waals surface area (Å²) in [6.07, 6.45) is 0. The highest BCUT2D eigenvalue weighted by molar-refractivity contribution is 5.94. The van der Waals surface area contributed by atoms with Gasteiger partial charge in [-0.25, -0.2) is 0 Å². The summed E-state index contributed by atoms with van der Waals surface area (Å²) in [5, 5.41) is 2.85. The second-order valence-electron chi connectivity index (χ2n) is 6.25. The number of rotatable bonds is 8. The largest absolute Gasteiger partial charge is 0.493 e. The van der Waals surface area contributed by atoms with E-state index in [9.17, 15) is 9.59 Å². The van der Waals surface area contributed by atoms with Crippen LogP contribution < -0.4 is 14.8 Å². The molecule has 0 aromatic heterocycles. The summed E-state index contributed by atoms with van der Waals surface area (Å²) in [6.45, 7) is 4.71. The van der Waals surface area contributed by atoms with E-state index < -0.39 is 0 Å². The number of amides is 2. The number of methoxy groups -OCH3 is 2. The van der Waals surface area contributed by atoms with E-state index in [4.69, 9.17) is 9.47 Å². The minimum atomic E-state index is -0.149. The van der Waals surface area contributed by atoms with Crippen molar-refractivity contribution in [3.05, 3.63) is 59.2 Å². The molecule has 6 nitrogen and oxygen atoms in total. The quantitative estimate of drug-likeness (QED) is 0.776. The molecule has 27 heavy (non-hydrogen) atoms. The summed E-state index contributed by atoms with van der Waals surface area (Å²) in [5.41, 5.74) is 2.63. The molecule has 2 rings (SSSR count). The van der Waals surface area contributed by atoms with E-state index in [1.54, 1.807) is 31.3 Å². The van der Waals surface area contributed by atoms with Crippen LogP contribution in [0, 0.1) is 6.92 Å². The molecule has 0 fully saturated rings. The maximum absolute atomic E-state index is 12.2. The fourth-order valence-corrected chi connectivity index (χ4v) is 2.66. The van der Waals surface area contributed by atoms with Crippen molar-refractivity contribution in [1.29, 1.82) is 0 Å². The van der Waals surface area contributed by atoms with Crippen LogP contribution in [0.3, 0.4) is 0 Å². The summed E-state index contributed by atoms with van der Waals surface area (Å²) >= 11 is 0. The van der Waals surface area contributed by atoms with Crippen LogP contribution in [0.15, 0.2) is 42.5 Å². The maximum Gasteiger partial charge on any atom is 0.251 e. The molecule has 1 N–H and O–H groups in total. The normalized spacial score (nSPS) is 10.2. The topological polar surface area (TPSA) is 67.9 Å². The van der Waals surface area contributed by atoms with Crippen LogP contribution in [0.4, 0.5) is 0 Å². The van der Waals surface area contributed by atoms with Crippen molar-refractivity contribution in [3.63, 3.8) is 0 Å². The van der Waals surface area contributed by atoms with E-state index in [1.807, 2.05) is 37.3 Å². The van der Waals surface area contributed by atoms with Crippen LogP contribution in [0.1, 0.15) is 28.4 Å². The molecule has 0 bridgehead atoms. The number of carbonyl (C=O) groups is 2. The molecular weight excluding hydrogens is 344 g/mol. The van der Waals surface area contributed by atoms with E-state index >= 15 is 0 Å². The summed E-state index contributed by atoms with van der Waals surface area (Å²) < 4.78 is 10.5. The first-order chi connectivity index (χ1) is 12.9. The Balaban J connectivity index is 1.94. The monoisotopic (exact) mass is 370 g/mol. The van der Waals surface area contributed by atoms with E-state index in [0.717, 1.165) is 11.1 Å². The fourth-order valence-electron chi connectivity index (χ4n) is 2.66. The second kappa shape index (κ2) is 9.62. The molecule has 6 heteroatoms. The molecule has 0 aliphatic rings. The molecule has 0 unspecified atom stereocenters. The lowest BCUT2D eigenvalue weighted by Crippen LogP contribution is -2.37. The number of benzene rings is 2. The smallest absolute Gasteiger partial charge is 0.251 e. The summed E-state index contributed by atoms with van der Waals surface area (Å²) in [4.78, 5) is 25.8. The van der Waals surface area contributed by atoms with Gasteiger partial charge >= 0.3 is 0 Å². The van der Waals surface area contributed by atoms with Gasteiger partial charge in [0.1, 0.15) is 0 Å². The lowest BCUT2D eigenvalue weighted by Gasteiger charge is -2.22. The lowest BCUT2D eigenvalue weighted by molar-refractivity contribution is -0.129. The van der Waals surface area contributed by atoms with E-state index in [1.165, 1.54) is 6.92 Å². The molecule has 0 radical (unpaired) electrons. The number of hydrogen-bond donors (Lipinski definition) is 1. The number of nitrogens with one attached hydrogen (secondary N) is 1. The third-order valence-corrected chi connectivity index (χ3v) is 4.25. The van der Waals surface area contributed by atoms with Gasteiger partial charge in [0.05, 0.1) is 14.2 Å². The molecule has 2 amide bonds. The van der Waals surface area contributed by atoms with Crippen molar-refractivity contribution in [2.75, 3.05) is 27.3 Å². The number of carbonyl (C=O) groups excluding carboxylic acids is 2. The van der Waals surface area contributed by atoms with Crippen LogP contribution in [0.2, 0.25) is 0 Å².